The first-order valence-electron chi connectivity index (χ1n) is 9.23. The van der Waals surface area contributed by atoms with Gasteiger partial charge in [0.1, 0.15) is 5.00 Å². The summed E-state index contributed by atoms with van der Waals surface area (Å²) in [5.74, 6) is -1.41. The van der Waals surface area contributed by atoms with Gasteiger partial charge in [0.15, 0.2) is 0 Å². The van der Waals surface area contributed by atoms with E-state index in [1.165, 1.54) is 11.1 Å². The van der Waals surface area contributed by atoms with Crippen molar-refractivity contribution in [3.05, 3.63) is 80.7 Å². The van der Waals surface area contributed by atoms with Crippen molar-refractivity contribution in [1.82, 2.24) is 0 Å². The first-order valence-corrected chi connectivity index (χ1v) is 11.0. The van der Waals surface area contributed by atoms with Gasteiger partial charge in [0, 0.05) is 11.1 Å². The third kappa shape index (κ3) is 4.09. The van der Waals surface area contributed by atoms with Gasteiger partial charge in [-0.25, -0.2) is 4.79 Å². The number of carbonyl (C=O) groups is 2. The van der Waals surface area contributed by atoms with Gasteiger partial charge in [0.25, 0.3) is 5.91 Å². The minimum Gasteiger partial charge on any atom is -0.478 e. The molecule has 0 saturated heterocycles. The minimum atomic E-state index is -1.07. The highest BCUT2D eigenvalue weighted by Gasteiger charge is 2.31. The van der Waals surface area contributed by atoms with E-state index in [4.69, 9.17) is 11.6 Å². The molecule has 2 aromatic carbocycles. The highest BCUT2D eigenvalue weighted by molar-refractivity contribution is 7.27. The molecule has 2 atom stereocenters. The lowest BCUT2D eigenvalue weighted by Gasteiger charge is -2.25. The number of thiophene rings is 1. The van der Waals surface area contributed by atoms with E-state index in [0.29, 0.717) is 15.5 Å². The molecule has 148 valence electrons. The molecule has 3 aromatic rings. The number of nitrogens with one attached hydrogen (secondary N) is 1. The maximum Gasteiger partial charge on any atom is 0.339 e. The predicted molar refractivity (Wildman–Crippen MR) is 121 cm³/mol. The summed E-state index contributed by atoms with van der Waals surface area (Å²) in [5, 5.41) is 13.9. The van der Waals surface area contributed by atoms with Crippen LogP contribution in [-0.2, 0) is 12.8 Å². The normalized spacial score (nSPS) is 15.6. The molecule has 1 aliphatic carbocycles. The quantitative estimate of drug-likeness (QED) is 0.550. The SMILES string of the molecule is O=C(Nc1sc(Cl)c(C2CCc3ccccc3C2)c1C(=O)O)c1ccc(P)cc1. The van der Waals surface area contributed by atoms with Crippen molar-refractivity contribution in [3.8, 4) is 0 Å². The minimum absolute atomic E-state index is 0.0156. The molecule has 4 rings (SSSR count). The number of aryl methyl sites for hydroxylation is 1. The lowest BCUT2D eigenvalue weighted by molar-refractivity contribution is 0.0696. The van der Waals surface area contributed by atoms with E-state index in [-0.39, 0.29) is 22.4 Å². The van der Waals surface area contributed by atoms with E-state index in [0.717, 1.165) is 35.9 Å². The number of amides is 1. The molecule has 0 fully saturated rings. The number of carboxylic acids is 1. The topological polar surface area (TPSA) is 66.4 Å². The smallest absolute Gasteiger partial charge is 0.339 e. The Morgan fingerprint density at radius 1 is 1.10 bits per heavy atom. The second-order valence-corrected chi connectivity index (χ2v) is 9.37. The molecule has 1 aromatic heterocycles. The largest absolute Gasteiger partial charge is 0.478 e. The van der Waals surface area contributed by atoms with Crippen LogP contribution in [0.2, 0.25) is 4.34 Å². The first-order chi connectivity index (χ1) is 13.9. The van der Waals surface area contributed by atoms with Crippen molar-refractivity contribution in [2.24, 2.45) is 0 Å². The zero-order chi connectivity index (χ0) is 20.5. The Hall–Kier alpha value is -2.20. The van der Waals surface area contributed by atoms with Crippen LogP contribution in [0, 0.1) is 0 Å². The molecule has 0 bridgehead atoms. The molecule has 0 radical (unpaired) electrons. The van der Waals surface area contributed by atoms with Gasteiger partial charge >= 0.3 is 5.97 Å². The Morgan fingerprint density at radius 2 is 1.79 bits per heavy atom. The Labute approximate surface area is 180 Å². The van der Waals surface area contributed by atoms with Gasteiger partial charge in [-0.15, -0.1) is 20.6 Å². The average Bonchev–Trinajstić information content (AvgIpc) is 3.04. The van der Waals surface area contributed by atoms with Crippen LogP contribution in [-0.4, -0.2) is 17.0 Å². The van der Waals surface area contributed by atoms with Gasteiger partial charge in [-0.05, 0) is 53.7 Å². The zero-order valence-corrected chi connectivity index (χ0v) is 18.2. The van der Waals surface area contributed by atoms with Gasteiger partial charge in [0.05, 0.1) is 9.90 Å². The summed E-state index contributed by atoms with van der Waals surface area (Å²) in [6.07, 6.45) is 2.46. The van der Waals surface area contributed by atoms with E-state index in [1.807, 2.05) is 24.3 Å². The number of anilines is 1. The molecule has 0 aliphatic heterocycles. The van der Waals surface area contributed by atoms with E-state index < -0.39 is 5.97 Å². The standard InChI is InChI=1S/C22H19ClNO3PS/c23-19-17(15-6-5-12-3-1-2-4-14(12)11-15)18(22(26)27)21(29-19)24-20(25)13-7-9-16(28)10-8-13/h1-4,7-10,15H,5-6,11,28H2,(H,24,25)(H,26,27). The summed E-state index contributed by atoms with van der Waals surface area (Å²) in [6.45, 7) is 0. The summed E-state index contributed by atoms with van der Waals surface area (Å²) in [7, 11) is 2.56. The second kappa shape index (κ2) is 8.27. The predicted octanol–water partition coefficient (Wildman–Crippen LogP) is 5.12. The van der Waals surface area contributed by atoms with Gasteiger partial charge in [-0.3, -0.25) is 4.79 Å². The summed E-state index contributed by atoms with van der Waals surface area (Å²) in [5.41, 5.74) is 3.74. The van der Waals surface area contributed by atoms with E-state index in [1.54, 1.807) is 12.1 Å². The summed E-state index contributed by atoms with van der Waals surface area (Å²) >= 11 is 7.62. The Bertz CT molecular complexity index is 1090. The fourth-order valence-electron chi connectivity index (χ4n) is 3.84. The number of rotatable bonds is 4. The lowest BCUT2D eigenvalue weighted by Crippen LogP contribution is -2.17. The Balaban J connectivity index is 1.66. The molecule has 29 heavy (non-hydrogen) atoms. The van der Waals surface area contributed by atoms with Crippen LogP contribution >= 0.6 is 32.2 Å². The van der Waals surface area contributed by atoms with Crippen molar-refractivity contribution in [2.45, 2.75) is 25.2 Å². The number of carbonyl (C=O) groups excluding carboxylic acids is 1. The average molecular weight is 444 g/mol. The molecule has 7 heteroatoms. The highest BCUT2D eigenvalue weighted by Crippen LogP contribution is 2.45. The van der Waals surface area contributed by atoms with Crippen LogP contribution in [0.25, 0.3) is 0 Å². The van der Waals surface area contributed by atoms with Crippen LogP contribution in [0.1, 0.15) is 49.7 Å². The fraction of sp³-hybridized carbons (Fsp3) is 0.182. The Kier molecular flexibility index (Phi) is 5.73. The van der Waals surface area contributed by atoms with Crippen LogP contribution < -0.4 is 10.6 Å². The summed E-state index contributed by atoms with van der Waals surface area (Å²) < 4.78 is 0.433. The molecule has 0 saturated carbocycles. The molecule has 1 aliphatic rings. The van der Waals surface area contributed by atoms with Crippen molar-refractivity contribution >= 4 is 54.4 Å². The maximum absolute atomic E-state index is 12.6. The van der Waals surface area contributed by atoms with Crippen molar-refractivity contribution < 1.29 is 14.7 Å². The number of hydrogen-bond acceptors (Lipinski definition) is 3. The van der Waals surface area contributed by atoms with Crippen molar-refractivity contribution in [2.75, 3.05) is 5.32 Å². The number of carboxylic acid groups (broad SMARTS) is 1. The summed E-state index contributed by atoms with van der Waals surface area (Å²) in [4.78, 5) is 24.7. The highest BCUT2D eigenvalue weighted by atomic mass is 35.5. The van der Waals surface area contributed by atoms with Crippen LogP contribution in [0.15, 0.2) is 48.5 Å². The zero-order valence-electron chi connectivity index (χ0n) is 15.4. The van der Waals surface area contributed by atoms with Gasteiger partial charge in [0.2, 0.25) is 0 Å². The molecule has 1 heterocycles. The number of benzene rings is 2. The molecule has 0 spiro atoms. The monoisotopic (exact) mass is 443 g/mol. The number of aromatic carboxylic acids is 1. The fourth-order valence-corrected chi connectivity index (χ4v) is 5.51. The van der Waals surface area contributed by atoms with Gasteiger partial charge in [-0.1, -0.05) is 48.0 Å². The molecular formula is C22H19ClNO3PS. The number of fused-ring (bicyclic) bond motifs is 1. The lowest BCUT2D eigenvalue weighted by atomic mass is 9.80. The molecule has 2 N–H and O–H groups in total. The van der Waals surface area contributed by atoms with Crippen molar-refractivity contribution in [1.29, 1.82) is 0 Å². The third-order valence-electron chi connectivity index (χ3n) is 5.27. The van der Waals surface area contributed by atoms with E-state index in [2.05, 4.69) is 26.7 Å². The number of halogens is 1. The van der Waals surface area contributed by atoms with Gasteiger partial charge in [-0.2, -0.15) is 0 Å². The van der Waals surface area contributed by atoms with E-state index >= 15 is 0 Å². The maximum atomic E-state index is 12.6. The molecular weight excluding hydrogens is 425 g/mol. The Morgan fingerprint density at radius 3 is 2.48 bits per heavy atom. The summed E-state index contributed by atoms with van der Waals surface area (Å²) in [6, 6.07) is 15.2. The molecule has 4 nitrogen and oxygen atoms in total. The van der Waals surface area contributed by atoms with Gasteiger partial charge < -0.3 is 10.4 Å². The third-order valence-corrected chi connectivity index (χ3v) is 7.00. The molecule has 2 unspecified atom stereocenters. The van der Waals surface area contributed by atoms with E-state index in [9.17, 15) is 14.7 Å². The van der Waals surface area contributed by atoms with Crippen LogP contribution in [0.5, 0.6) is 0 Å². The van der Waals surface area contributed by atoms with Crippen LogP contribution in [0.4, 0.5) is 5.00 Å². The van der Waals surface area contributed by atoms with Crippen LogP contribution in [0.3, 0.4) is 0 Å². The second-order valence-electron chi connectivity index (χ2n) is 7.08. The first kappa shape index (κ1) is 20.1. The number of hydrogen-bond donors (Lipinski definition) is 2. The van der Waals surface area contributed by atoms with Crippen molar-refractivity contribution in [3.63, 3.8) is 0 Å². The molecule has 1 amide bonds.